The number of aromatic nitrogens is 1. The smallest absolute Gasteiger partial charge is 0.196 e. The van der Waals surface area contributed by atoms with E-state index in [1.807, 2.05) is 25.1 Å². The van der Waals surface area contributed by atoms with Gasteiger partial charge in [-0.05, 0) is 30.7 Å². The lowest BCUT2D eigenvalue weighted by Crippen LogP contribution is -2.03. The monoisotopic (exact) mass is 287 g/mol. The van der Waals surface area contributed by atoms with E-state index in [-0.39, 0.29) is 16.4 Å². The Balaban J connectivity index is 2.21. The molecule has 0 saturated heterocycles. The summed E-state index contributed by atoms with van der Waals surface area (Å²) in [4.78, 5) is 15.6. The van der Waals surface area contributed by atoms with Crippen LogP contribution in [0.2, 0.25) is 5.02 Å². The van der Waals surface area contributed by atoms with Crippen LogP contribution in [-0.4, -0.2) is 10.8 Å². The van der Waals surface area contributed by atoms with E-state index < -0.39 is 5.82 Å². The van der Waals surface area contributed by atoms with Crippen LogP contribution in [0.1, 0.15) is 21.5 Å². The zero-order valence-electron chi connectivity index (χ0n) is 10.7. The van der Waals surface area contributed by atoms with Gasteiger partial charge in [0.1, 0.15) is 5.82 Å². The average molecular weight is 288 g/mol. The molecule has 1 aromatic heterocycles. The zero-order valence-corrected chi connectivity index (χ0v) is 11.5. The lowest BCUT2D eigenvalue weighted by molar-refractivity contribution is 0.104. The molecular weight excluding hydrogens is 277 g/mol. The molecule has 0 amide bonds. The standard InChI is InChI=1S/C16H11ClFNO/c1-9-4-2-7-13-14(9)11(8-19-13)16(20)10-5-3-6-12(18)15(10)17/h2-8,19H,1H3. The minimum Gasteiger partial charge on any atom is -0.360 e. The van der Waals surface area contributed by atoms with Crippen molar-refractivity contribution in [3.8, 4) is 0 Å². The summed E-state index contributed by atoms with van der Waals surface area (Å²) < 4.78 is 13.5. The molecule has 2 nitrogen and oxygen atoms in total. The third kappa shape index (κ3) is 1.91. The predicted molar refractivity (Wildman–Crippen MR) is 77.9 cm³/mol. The number of fused-ring (bicyclic) bond motifs is 1. The van der Waals surface area contributed by atoms with E-state index in [4.69, 9.17) is 11.6 Å². The number of carbonyl (C=O) groups excluding carboxylic acids is 1. The van der Waals surface area contributed by atoms with Gasteiger partial charge in [0.25, 0.3) is 0 Å². The van der Waals surface area contributed by atoms with Crippen molar-refractivity contribution in [2.24, 2.45) is 0 Å². The van der Waals surface area contributed by atoms with Gasteiger partial charge < -0.3 is 4.98 Å². The summed E-state index contributed by atoms with van der Waals surface area (Å²) in [5.41, 5.74) is 2.54. The molecule has 0 saturated carbocycles. The van der Waals surface area contributed by atoms with Gasteiger partial charge >= 0.3 is 0 Å². The highest BCUT2D eigenvalue weighted by Gasteiger charge is 2.19. The molecule has 0 aliphatic heterocycles. The molecule has 0 unspecified atom stereocenters. The fourth-order valence-corrected chi connectivity index (χ4v) is 2.58. The van der Waals surface area contributed by atoms with Crippen LogP contribution < -0.4 is 0 Å². The van der Waals surface area contributed by atoms with E-state index in [0.717, 1.165) is 16.5 Å². The lowest BCUT2D eigenvalue weighted by atomic mass is 10.00. The molecule has 0 atom stereocenters. The van der Waals surface area contributed by atoms with Crippen LogP contribution in [-0.2, 0) is 0 Å². The van der Waals surface area contributed by atoms with Crippen molar-refractivity contribution in [1.29, 1.82) is 0 Å². The van der Waals surface area contributed by atoms with Crippen LogP contribution in [0.3, 0.4) is 0 Å². The number of aromatic amines is 1. The van der Waals surface area contributed by atoms with E-state index in [9.17, 15) is 9.18 Å². The van der Waals surface area contributed by atoms with Crippen molar-refractivity contribution in [2.45, 2.75) is 6.92 Å². The number of halogens is 2. The van der Waals surface area contributed by atoms with Crippen molar-refractivity contribution in [3.05, 3.63) is 70.1 Å². The van der Waals surface area contributed by atoms with Gasteiger partial charge in [0.05, 0.1) is 5.02 Å². The number of benzene rings is 2. The van der Waals surface area contributed by atoms with Gasteiger partial charge in [0.15, 0.2) is 5.78 Å². The van der Waals surface area contributed by atoms with Gasteiger partial charge in [-0.1, -0.05) is 29.8 Å². The fraction of sp³-hybridized carbons (Fsp3) is 0.0625. The second-order valence-electron chi connectivity index (χ2n) is 4.63. The first-order chi connectivity index (χ1) is 9.59. The first-order valence-electron chi connectivity index (χ1n) is 6.15. The summed E-state index contributed by atoms with van der Waals surface area (Å²) in [5, 5.41) is 0.707. The Kier molecular flexibility index (Phi) is 3.07. The van der Waals surface area contributed by atoms with Gasteiger partial charge in [-0.25, -0.2) is 4.39 Å². The van der Waals surface area contributed by atoms with Gasteiger partial charge in [0, 0.05) is 28.2 Å². The number of carbonyl (C=O) groups is 1. The molecule has 0 radical (unpaired) electrons. The maximum Gasteiger partial charge on any atom is 0.196 e. The second kappa shape index (κ2) is 4.76. The third-order valence-electron chi connectivity index (χ3n) is 3.35. The lowest BCUT2D eigenvalue weighted by Gasteiger charge is -2.04. The van der Waals surface area contributed by atoms with E-state index in [1.54, 1.807) is 6.20 Å². The number of hydrogen-bond donors (Lipinski definition) is 1. The molecular formula is C16H11ClFNO. The molecule has 3 aromatic rings. The normalized spacial score (nSPS) is 10.9. The van der Waals surface area contributed by atoms with Crippen molar-refractivity contribution in [3.63, 3.8) is 0 Å². The molecule has 0 bridgehead atoms. The summed E-state index contributed by atoms with van der Waals surface area (Å²) in [6, 6.07) is 9.99. The Morgan fingerprint density at radius 2 is 1.90 bits per heavy atom. The van der Waals surface area contributed by atoms with Crippen LogP contribution in [0.5, 0.6) is 0 Å². The van der Waals surface area contributed by atoms with Crippen LogP contribution in [0, 0.1) is 12.7 Å². The minimum atomic E-state index is -0.589. The quantitative estimate of drug-likeness (QED) is 0.692. The molecule has 1 N–H and O–H groups in total. The number of aryl methyl sites for hydroxylation is 1. The van der Waals surface area contributed by atoms with Crippen LogP contribution in [0.25, 0.3) is 10.9 Å². The second-order valence-corrected chi connectivity index (χ2v) is 5.01. The molecule has 0 aliphatic carbocycles. The molecule has 2 aromatic carbocycles. The van der Waals surface area contributed by atoms with E-state index in [0.29, 0.717) is 5.56 Å². The van der Waals surface area contributed by atoms with Crippen LogP contribution >= 0.6 is 11.6 Å². The Labute approximate surface area is 120 Å². The number of rotatable bonds is 2. The van der Waals surface area contributed by atoms with E-state index in [1.165, 1.54) is 18.2 Å². The summed E-state index contributed by atoms with van der Waals surface area (Å²) in [6.07, 6.45) is 1.64. The number of hydrogen-bond acceptors (Lipinski definition) is 1. The summed E-state index contributed by atoms with van der Waals surface area (Å²) in [6.45, 7) is 1.93. The van der Waals surface area contributed by atoms with E-state index in [2.05, 4.69) is 4.98 Å². The Morgan fingerprint density at radius 1 is 1.15 bits per heavy atom. The van der Waals surface area contributed by atoms with Gasteiger partial charge in [-0.2, -0.15) is 0 Å². The highest BCUT2D eigenvalue weighted by molar-refractivity contribution is 6.35. The maximum absolute atomic E-state index is 13.5. The average Bonchev–Trinajstić information content (AvgIpc) is 2.86. The topological polar surface area (TPSA) is 32.9 Å². The molecule has 3 rings (SSSR count). The molecule has 0 fully saturated rings. The molecule has 1 heterocycles. The zero-order chi connectivity index (χ0) is 14.3. The predicted octanol–water partition coefficient (Wildman–Crippen LogP) is 4.50. The molecule has 100 valence electrons. The maximum atomic E-state index is 13.5. The number of H-pyrrole nitrogens is 1. The highest BCUT2D eigenvalue weighted by Crippen LogP contribution is 2.28. The molecule has 0 spiro atoms. The SMILES string of the molecule is Cc1cccc2[nH]cc(C(=O)c3cccc(F)c3Cl)c12. The Hall–Kier alpha value is -2.13. The van der Waals surface area contributed by atoms with Crippen LogP contribution in [0.15, 0.2) is 42.6 Å². The fourth-order valence-electron chi connectivity index (χ4n) is 2.37. The Bertz CT molecular complexity index is 822. The minimum absolute atomic E-state index is 0.138. The van der Waals surface area contributed by atoms with Gasteiger partial charge in [-0.15, -0.1) is 0 Å². The highest BCUT2D eigenvalue weighted by atomic mass is 35.5. The van der Waals surface area contributed by atoms with Crippen molar-refractivity contribution in [1.82, 2.24) is 4.98 Å². The third-order valence-corrected chi connectivity index (χ3v) is 3.74. The number of ketones is 1. The van der Waals surface area contributed by atoms with Gasteiger partial charge in [0.2, 0.25) is 0 Å². The molecule has 4 heteroatoms. The molecule has 0 aliphatic rings. The van der Waals surface area contributed by atoms with Crippen molar-refractivity contribution >= 4 is 28.3 Å². The summed E-state index contributed by atoms with van der Waals surface area (Å²) in [5.74, 6) is -0.871. The van der Waals surface area contributed by atoms with Crippen molar-refractivity contribution in [2.75, 3.05) is 0 Å². The first kappa shape index (κ1) is 12.9. The number of nitrogens with one attached hydrogen (secondary N) is 1. The van der Waals surface area contributed by atoms with E-state index >= 15 is 0 Å². The van der Waals surface area contributed by atoms with Crippen molar-refractivity contribution < 1.29 is 9.18 Å². The van der Waals surface area contributed by atoms with Gasteiger partial charge in [-0.3, -0.25) is 4.79 Å². The summed E-state index contributed by atoms with van der Waals surface area (Å²) >= 11 is 5.89. The first-order valence-corrected chi connectivity index (χ1v) is 6.53. The Morgan fingerprint density at radius 3 is 2.70 bits per heavy atom. The molecule has 20 heavy (non-hydrogen) atoms. The summed E-state index contributed by atoms with van der Waals surface area (Å²) in [7, 11) is 0. The van der Waals surface area contributed by atoms with Crippen LogP contribution in [0.4, 0.5) is 4.39 Å². The largest absolute Gasteiger partial charge is 0.360 e.